The molecule has 1 fully saturated rings. The molecule has 3 amide bonds. The number of benzene rings is 1. The van der Waals surface area contributed by atoms with E-state index in [1.165, 1.54) is 19.2 Å². The van der Waals surface area contributed by atoms with Crippen molar-refractivity contribution in [1.29, 1.82) is 0 Å². The second kappa shape index (κ2) is 6.02. The summed E-state index contributed by atoms with van der Waals surface area (Å²) in [5.74, 6) is -0.206. The van der Waals surface area contributed by atoms with Gasteiger partial charge in [-0.2, -0.15) is 0 Å². The molecular formula is C19H17BrFN3O3. The third kappa shape index (κ3) is 2.88. The van der Waals surface area contributed by atoms with E-state index in [4.69, 9.17) is 4.74 Å². The van der Waals surface area contributed by atoms with E-state index in [1.807, 2.05) is 6.92 Å². The van der Waals surface area contributed by atoms with Gasteiger partial charge in [-0.3, -0.25) is 9.69 Å². The number of nitrogens with zero attached hydrogens (tertiary/aromatic N) is 2. The molecule has 4 rings (SSSR count). The number of carbonyl (C=O) groups is 2. The van der Waals surface area contributed by atoms with Crippen LogP contribution in [0.4, 0.5) is 9.18 Å². The highest BCUT2D eigenvalue weighted by molar-refractivity contribution is 9.10. The average Bonchev–Trinajstić information content (AvgIpc) is 2.82. The molecule has 2 aromatic rings. The lowest BCUT2D eigenvalue weighted by atomic mass is 9.75. The molecule has 2 atom stereocenters. The minimum atomic E-state index is -1.22. The van der Waals surface area contributed by atoms with Crippen LogP contribution in [0.3, 0.4) is 0 Å². The second-order valence-electron chi connectivity index (χ2n) is 7.23. The molecule has 1 aromatic carbocycles. The maximum Gasteiger partial charge on any atom is 0.325 e. The number of halogens is 2. The molecule has 27 heavy (non-hydrogen) atoms. The van der Waals surface area contributed by atoms with Crippen molar-refractivity contribution in [2.45, 2.75) is 30.9 Å². The largest absolute Gasteiger partial charge is 0.485 e. The predicted molar refractivity (Wildman–Crippen MR) is 98.7 cm³/mol. The van der Waals surface area contributed by atoms with Gasteiger partial charge in [0.1, 0.15) is 21.8 Å². The minimum Gasteiger partial charge on any atom is -0.485 e. The summed E-state index contributed by atoms with van der Waals surface area (Å²) in [6.07, 6.45) is 2.23. The van der Waals surface area contributed by atoms with Crippen molar-refractivity contribution in [3.63, 3.8) is 0 Å². The van der Waals surface area contributed by atoms with Gasteiger partial charge in [-0.25, -0.2) is 14.2 Å². The molecule has 8 heteroatoms. The van der Waals surface area contributed by atoms with Gasteiger partial charge in [0, 0.05) is 25.5 Å². The van der Waals surface area contributed by atoms with Gasteiger partial charge in [-0.05, 0) is 46.6 Å². The zero-order valence-corrected chi connectivity index (χ0v) is 16.3. The number of hydrogen-bond acceptors (Lipinski definition) is 4. The summed E-state index contributed by atoms with van der Waals surface area (Å²) in [6, 6.07) is 7.40. The van der Waals surface area contributed by atoms with Crippen LogP contribution < -0.4 is 10.1 Å². The lowest BCUT2D eigenvalue weighted by Crippen LogP contribution is -2.55. The van der Waals surface area contributed by atoms with Gasteiger partial charge in [-0.1, -0.05) is 12.1 Å². The minimum absolute atomic E-state index is 0.246. The summed E-state index contributed by atoms with van der Waals surface area (Å²) in [6.45, 7) is 1.88. The van der Waals surface area contributed by atoms with E-state index in [1.54, 1.807) is 24.4 Å². The van der Waals surface area contributed by atoms with E-state index in [2.05, 4.69) is 26.2 Å². The fourth-order valence-electron chi connectivity index (χ4n) is 3.92. The highest BCUT2D eigenvalue weighted by Gasteiger charge is 2.58. The molecule has 0 bridgehead atoms. The fourth-order valence-corrected chi connectivity index (χ4v) is 4.25. The van der Waals surface area contributed by atoms with Crippen LogP contribution in [0.1, 0.15) is 24.5 Å². The Hall–Kier alpha value is -2.48. The maximum absolute atomic E-state index is 13.2. The number of urea groups is 1. The molecule has 2 aliphatic rings. The second-order valence-corrected chi connectivity index (χ2v) is 8.05. The smallest absolute Gasteiger partial charge is 0.325 e. The van der Waals surface area contributed by atoms with Crippen LogP contribution in [-0.4, -0.2) is 34.5 Å². The number of likely N-dealkylation sites (N-methyl/N-ethyl adjacent to an activating group) is 1. The Labute approximate surface area is 163 Å². The average molecular weight is 434 g/mol. The molecule has 2 aliphatic heterocycles. The molecule has 6 nitrogen and oxygen atoms in total. The van der Waals surface area contributed by atoms with Crippen LogP contribution in [0, 0.1) is 5.82 Å². The van der Waals surface area contributed by atoms with Crippen molar-refractivity contribution in [3.8, 4) is 5.75 Å². The molecule has 2 unspecified atom stereocenters. The van der Waals surface area contributed by atoms with Crippen molar-refractivity contribution < 1.29 is 18.7 Å². The lowest BCUT2D eigenvalue weighted by molar-refractivity contribution is -0.134. The number of amides is 3. The summed E-state index contributed by atoms with van der Waals surface area (Å²) < 4.78 is 20.0. The number of imide groups is 1. The molecule has 1 saturated heterocycles. The third-order valence-electron chi connectivity index (χ3n) is 5.08. The first-order valence-corrected chi connectivity index (χ1v) is 9.22. The number of nitrogens with one attached hydrogen (secondary N) is 1. The zero-order valence-electron chi connectivity index (χ0n) is 14.8. The summed E-state index contributed by atoms with van der Waals surface area (Å²) in [7, 11) is 1.45. The van der Waals surface area contributed by atoms with E-state index in [0.29, 0.717) is 22.3 Å². The van der Waals surface area contributed by atoms with E-state index in [0.717, 1.165) is 10.5 Å². The molecule has 3 heterocycles. The molecule has 140 valence electrons. The van der Waals surface area contributed by atoms with Crippen LogP contribution in [-0.2, 0) is 16.8 Å². The number of carbonyl (C=O) groups excluding carboxylic acids is 2. The number of ether oxygens (including phenoxy) is 1. The van der Waals surface area contributed by atoms with Crippen LogP contribution >= 0.6 is 15.9 Å². The van der Waals surface area contributed by atoms with Crippen molar-refractivity contribution in [3.05, 3.63) is 58.1 Å². The quantitative estimate of drug-likeness (QED) is 0.583. The van der Waals surface area contributed by atoms with Crippen molar-refractivity contribution in [2.24, 2.45) is 0 Å². The monoisotopic (exact) mass is 433 g/mol. The SMILES string of the molecule is CN1C(=O)NC2(CC(C)(Cc3ccc(F)cc3)Oc3cnc(Br)cc32)C1=O. The van der Waals surface area contributed by atoms with Crippen LogP contribution in [0.5, 0.6) is 5.75 Å². The first-order valence-electron chi connectivity index (χ1n) is 8.42. The molecule has 0 aliphatic carbocycles. The van der Waals surface area contributed by atoms with Crippen LogP contribution in [0.2, 0.25) is 0 Å². The maximum atomic E-state index is 13.2. The number of aromatic nitrogens is 1. The Bertz CT molecular complexity index is 952. The molecule has 0 radical (unpaired) electrons. The molecule has 1 aromatic heterocycles. The molecule has 0 saturated carbocycles. The predicted octanol–water partition coefficient (Wildman–Crippen LogP) is 3.14. The van der Waals surface area contributed by atoms with Crippen molar-refractivity contribution >= 4 is 27.9 Å². The summed E-state index contributed by atoms with van der Waals surface area (Å²) in [5.41, 5.74) is -0.579. The van der Waals surface area contributed by atoms with E-state index in [9.17, 15) is 14.0 Å². The highest BCUT2D eigenvalue weighted by atomic mass is 79.9. The first-order chi connectivity index (χ1) is 12.7. The summed E-state index contributed by atoms with van der Waals surface area (Å²) in [4.78, 5) is 30.6. The van der Waals surface area contributed by atoms with Crippen molar-refractivity contribution in [2.75, 3.05) is 7.05 Å². The number of rotatable bonds is 2. The zero-order chi connectivity index (χ0) is 19.4. The first kappa shape index (κ1) is 17.9. The van der Waals surface area contributed by atoms with Crippen LogP contribution in [0.25, 0.3) is 0 Å². The van der Waals surface area contributed by atoms with Crippen LogP contribution in [0.15, 0.2) is 41.1 Å². The Balaban J connectivity index is 1.80. The Morgan fingerprint density at radius 3 is 2.67 bits per heavy atom. The highest BCUT2D eigenvalue weighted by Crippen LogP contribution is 2.47. The topological polar surface area (TPSA) is 71.5 Å². The summed E-state index contributed by atoms with van der Waals surface area (Å²) in [5, 5.41) is 2.85. The molecule has 1 spiro atoms. The number of hydrogen-bond donors (Lipinski definition) is 1. The van der Waals surface area contributed by atoms with E-state index in [-0.39, 0.29) is 18.1 Å². The van der Waals surface area contributed by atoms with Gasteiger partial charge in [0.05, 0.1) is 6.20 Å². The van der Waals surface area contributed by atoms with E-state index >= 15 is 0 Å². The Morgan fingerprint density at radius 1 is 1.33 bits per heavy atom. The van der Waals surface area contributed by atoms with Gasteiger partial charge in [-0.15, -0.1) is 0 Å². The Morgan fingerprint density at radius 2 is 2.04 bits per heavy atom. The van der Waals surface area contributed by atoms with Gasteiger partial charge in [0.25, 0.3) is 5.91 Å². The van der Waals surface area contributed by atoms with E-state index < -0.39 is 17.2 Å². The van der Waals surface area contributed by atoms with Gasteiger partial charge >= 0.3 is 6.03 Å². The van der Waals surface area contributed by atoms with Gasteiger partial charge in [0.15, 0.2) is 5.54 Å². The number of fused-ring (bicyclic) bond motifs is 2. The normalized spacial score (nSPS) is 26.7. The molecular weight excluding hydrogens is 417 g/mol. The molecule has 1 N–H and O–H groups in total. The van der Waals surface area contributed by atoms with Gasteiger partial charge < -0.3 is 10.1 Å². The number of pyridine rings is 1. The summed E-state index contributed by atoms with van der Waals surface area (Å²) >= 11 is 3.32. The standard InChI is InChI=1S/C19H17BrFN3O3/c1-18(8-11-3-5-12(21)6-4-11)10-19(16(25)24(2)17(26)23-19)13-7-15(20)22-9-14(13)27-18/h3-7,9H,8,10H2,1-2H3,(H,23,26). The van der Waals surface area contributed by atoms with Gasteiger partial charge in [0.2, 0.25) is 0 Å². The van der Waals surface area contributed by atoms with Crippen molar-refractivity contribution in [1.82, 2.24) is 15.2 Å². The Kier molecular flexibility index (Phi) is 3.99. The lowest BCUT2D eigenvalue weighted by Gasteiger charge is -2.44. The third-order valence-corrected chi connectivity index (χ3v) is 5.51. The fraction of sp³-hybridized carbons (Fsp3) is 0.316.